The molecule has 0 spiro atoms. The predicted octanol–water partition coefficient (Wildman–Crippen LogP) is 0.197. The molecule has 0 radical (unpaired) electrons. The van der Waals surface area contributed by atoms with Gasteiger partial charge in [0.2, 0.25) is 6.17 Å². The van der Waals surface area contributed by atoms with Crippen LogP contribution < -0.4 is 0 Å². The zero-order valence-electron chi connectivity index (χ0n) is 7.08. The first-order valence-corrected chi connectivity index (χ1v) is 3.56. The molecule has 0 aliphatic carbocycles. The SMILES string of the molecule is CCC(O)(COC)C(F)C(=O)O. The lowest BCUT2D eigenvalue weighted by atomic mass is 9.96. The molecule has 0 aromatic rings. The van der Waals surface area contributed by atoms with Crippen molar-refractivity contribution in [3.8, 4) is 0 Å². The lowest BCUT2D eigenvalue weighted by Gasteiger charge is -2.26. The number of carbonyl (C=O) groups is 1. The Morgan fingerprint density at radius 3 is 2.50 bits per heavy atom. The Morgan fingerprint density at radius 2 is 2.25 bits per heavy atom. The molecular formula is C7H13FO4. The van der Waals surface area contributed by atoms with Gasteiger partial charge in [-0.3, -0.25) is 0 Å². The Labute approximate surface area is 70.0 Å². The first-order valence-electron chi connectivity index (χ1n) is 3.56. The molecule has 72 valence electrons. The normalized spacial score (nSPS) is 18.3. The number of alkyl halides is 1. The molecule has 2 N–H and O–H groups in total. The largest absolute Gasteiger partial charge is 0.479 e. The van der Waals surface area contributed by atoms with Gasteiger partial charge in [0.05, 0.1) is 6.61 Å². The molecule has 5 heteroatoms. The van der Waals surface area contributed by atoms with E-state index in [0.717, 1.165) is 0 Å². The van der Waals surface area contributed by atoms with E-state index in [2.05, 4.69) is 4.74 Å². The van der Waals surface area contributed by atoms with E-state index in [1.807, 2.05) is 0 Å². The molecule has 0 amide bonds. The molecule has 12 heavy (non-hydrogen) atoms. The average Bonchev–Trinajstić information content (AvgIpc) is 2.03. The molecule has 0 saturated carbocycles. The van der Waals surface area contributed by atoms with Crippen LogP contribution in [0.3, 0.4) is 0 Å². The number of carboxylic acid groups (broad SMARTS) is 1. The van der Waals surface area contributed by atoms with Crippen molar-refractivity contribution in [1.29, 1.82) is 0 Å². The van der Waals surface area contributed by atoms with E-state index in [-0.39, 0.29) is 13.0 Å². The average molecular weight is 180 g/mol. The van der Waals surface area contributed by atoms with E-state index in [9.17, 15) is 14.3 Å². The van der Waals surface area contributed by atoms with Crippen LogP contribution in [0.5, 0.6) is 0 Å². The van der Waals surface area contributed by atoms with Gasteiger partial charge in [0.1, 0.15) is 5.60 Å². The molecule has 0 fully saturated rings. The van der Waals surface area contributed by atoms with Gasteiger partial charge in [-0.05, 0) is 6.42 Å². The molecule has 0 aliphatic rings. The quantitative estimate of drug-likeness (QED) is 0.634. The first kappa shape index (κ1) is 11.3. The highest BCUT2D eigenvalue weighted by atomic mass is 19.1. The van der Waals surface area contributed by atoms with Gasteiger partial charge in [-0.1, -0.05) is 6.92 Å². The molecule has 0 rings (SSSR count). The molecule has 0 saturated heterocycles. The molecular weight excluding hydrogens is 167 g/mol. The maximum absolute atomic E-state index is 12.8. The maximum Gasteiger partial charge on any atom is 0.341 e. The fourth-order valence-electron chi connectivity index (χ4n) is 0.834. The number of carboxylic acids is 1. The van der Waals surface area contributed by atoms with Crippen molar-refractivity contribution in [1.82, 2.24) is 0 Å². The Morgan fingerprint density at radius 1 is 1.75 bits per heavy atom. The van der Waals surface area contributed by atoms with Crippen molar-refractivity contribution in [3.05, 3.63) is 0 Å². The third kappa shape index (κ3) is 2.42. The van der Waals surface area contributed by atoms with E-state index in [1.54, 1.807) is 0 Å². The van der Waals surface area contributed by atoms with E-state index >= 15 is 0 Å². The molecule has 0 aromatic heterocycles. The van der Waals surface area contributed by atoms with Crippen LogP contribution in [0.25, 0.3) is 0 Å². The van der Waals surface area contributed by atoms with Gasteiger partial charge in [-0.15, -0.1) is 0 Å². The van der Waals surface area contributed by atoms with Crippen LogP contribution in [0.2, 0.25) is 0 Å². The van der Waals surface area contributed by atoms with Crippen LogP contribution in [0.15, 0.2) is 0 Å². The fourth-order valence-corrected chi connectivity index (χ4v) is 0.834. The summed E-state index contributed by atoms with van der Waals surface area (Å²) in [5.74, 6) is -1.67. The molecule has 0 bridgehead atoms. The summed E-state index contributed by atoms with van der Waals surface area (Å²) in [5, 5.41) is 17.7. The van der Waals surface area contributed by atoms with Crippen molar-refractivity contribution in [3.63, 3.8) is 0 Å². The zero-order chi connectivity index (χ0) is 9.78. The molecule has 2 unspecified atom stereocenters. The molecule has 0 aromatic carbocycles. The van der Waals surface area contributed by atoms with Gasteiger partial charge < -0.3 is 14.9 Å². The minimum atomic E-state index is -2.30. The summed E-state index contributed by atoms with van der Waals surface area (Å²) in [7, 11) is 1.27. The minimum absolute atomic E-state index is 0.00565. The van der Waals surface area contributed by atoms with Gasteiger partial charge in [0.15, 0.2) is 0 Å². The molecule has 2 atom stereocenters. The highest BCUT2D eigenvalue weighted by Gasteiger charge is 2.40. The first-order chi connectivity index (χ1) is 5.48. The summed E-state index contributed by atoms with van der Waals surface area (Å²) >= 11 is 0. The van der Waals surface area contributed by atoms with Crippen molar-refractivity contribution < 1.29 is 24.1 Å². The van der Waals surface area contributed by atoms with Gasteiger partial charge in [-0.2, -0.15) is 0 Å². The van der Waals surface area contributed by atoms with Crippen LogP contribution in [0.4, 0.5) is 4.39 Å². The number of aliphatic hydroxyl groups is 1. The Bertz CT molecular complexity index is 161. The van der Waals surface area contributed by atoms with E-state index in [4.69, 9.17) is 5.11 Å². The Hall–Kier alpha value is -0.680. The summed E-state index contributed by atoms with van der Waals surface area (Å²) < 4.78 is 17.3. The smallest absolute Gasteiger partial charge is 0.341 e. The van der Waals surface area contributed by atoms with Gasteiger partial charge in [0.25, 0.3) is 0 Å². The number of ether oxygens (including phenoxy) is 1. The van der Waals surface area contributed by atoms with Gasteiger partial charge in [0, 0.05) is 7.11 Å². The summed E-state index contributed by atoms with van der Waals surface area (Å²) in [4.78, 5) is 10.2. The number of aliphatic carboxylic acids is 1. The number of halogens is 1. The fraction of sp³-hybridized carbons (Fsp3) is 0.857. The predicted molar refractivity (Wildman–Crippen MR) is 39.6 cm³/mol. The highest BCUT2D eigenvalue weighted by Crippen LogP contribution is 2.18. The third-order valence-corrected chi connectivity index (χ3v) is 1.70. The number of hydrogen-bond donors (Lipinski definition) is 2. The molecule has 0 aliphatic heterocycles. The second-order valence-corrected chi connectivity index (χ2v) is 2.59. The minimum Gasteiger partial charge on any atom is -0.479 e. The number of methoxy groups -OCH3 is 1. The molecule has 4 nitrogen and oxygen atoms in total. The Balaban J connectivity index is 4.38. The van der Waals surface area contributed by atoms with Crippen molar-refractivity contribution >= 4 is 5.97 Å². The van der Waals surface area contributed by atoms with Crippen LogP contribution in [0.1, 0.15) is 13.3 Å². The second-order valence-electron chi connectivity index (χ2n) is 2.59. The number of hydrogen-bond acceptors (Lipinski definition) is 3. The zero-order valence-corrected chi connectivity index (χ0v) is 7.08. The highest BCUT2D eigenvalue weighted by molar-refractivity contribution is 5.73. The van der Waals surface area contributed by atoms with Crippen LogP contribution >= 0.6 is 0 Å². The van der Waals surface area contributed by atoms with Crippen LogP contribution in [0, 0.1) is 0 Å². The van der Waals surface area contributed by atoms with E-state index in [1.165, 1.54) is 14.0 Å². The summed E-state index contributed by atoms with van der Waals surface area (Å²) in [6.07, 6.45) is -2.31. The van der Waals surface area contributed by atoms with Crippen LogP contribution in [-0.2, 0) is 9.53 Å². The summed E-state index contributed by atoms with van der Waals surface area (Å²) in [5.41, 5.74) is -1.92. The van der Waals surface area contributed by atoms with E-state index < -0.39 is 17.7 Å². The molecule has 0 heterocycles. The van der Waals surface area contributed by atoms with Crippen molar-refractivity contribution in [2.24, 2.45) is 0 Å². The number of rotatable bonds is 5. The summed E-state index contributed by atoms with van der Waals surface area (Å²) in [6.45, 7) is 1.17. The lowest BCUT2D eigenvalue weighted by molar-refractivity contribution is -0.159. The second kappa shape index (κ2) is 4.37. The maximum atomic E-state index is 12.8. The van der Waals surface area contributed by atoms with Crippen molar-refractivity contribution in [2.75, 3.05) is 13.7 Å². The topological polar surface area (TPSA) is 66.8 Å². The summed E-state index contributed by atoms with van der Waals surface area (Å²) in [6, 6.07) is 0. The van der Waals surface area contributed by atoms with E-state index in [0.29, 0.717) is 0 Å². The van der Waals surface area contributed by atoms with Gasteiger partial charge in [-0.25, -0.2) is 9.18 Å². The standard InChI is InChI=1S/C7H13FO4/c1-3-7(11,4-12-2)5(8)6(9)10/h5,11H,3-4H2,1-2H3,(H,9,10). The van der Waals surface area contributed by atoms with Crippen LogP contribution in [-0.4, -0.2) is 41.7 Å². The van der Waals surface area contributed by atoms with Crippen molar-refractivity contribution in [2.45, 2.75) is 25.1 Å². The lowest BCUT2D eigenvalue weighted by Crippen LogP contribution is -2.47. The van der Waals surface area contributed by atoms with Gasteiger partial charge >= 0.3 is 5.97 Å². The third-order valence-electron chi connectivity index (χ3n) is 1.70. The monoisotopic (exact) mass is 180 g/mol. The Kier molecular flexibility index (Phi) is 4.12.